The van der Waals surface area contributed by atoms with E-state index in [0.29, 0.717) is 36.1 Å². The van der Waals surface area contributed by atoms with Crippen molar-refractivity contribution >= 4 is 17.4 Å². The molecule has 0 aliphatic rings. The number of rotatable bonds is 5. The number of aromatic carboxylic acids is 1. The van der Waals surface area contributed by atoms with E-state index in [0.717, 1.165) is 0 Å². The molecule has 108 valence electrons. The maximum Gasteiger partial charge on any atom is 0.356 e. The summed E-state index contributed by atoms with van der Waals surface area (Å²) < 4.78 is 6.41. The molecule has 0 aliphatic carbocycles. The zero-order valence-electron chi connectivity index (χ0n) is 11.3. The average Bonchev–Trinajstić information content (AvgIpc) is 3.02. The van der Waals surface area contributed by atoms with Crippen molar-refractivity contribution in [3.8, 4) is 0 Å². The molecule has 0 radical (unpaired) electrons. The molecule has 0 aromatic carbocycles. The van der Waals surface area contributed by atoms with Crippen molar-refractivity contribution in [2.24, 2.45) is 0 Å². The predicted molar refractivity (Wildman–Crippen MR) is 73.4 cm³/mol. The first-order chi connectivity index (χ1) is 10.1. The Balaban J connectivity index is 1.80. The molecule has 0 bridgehead atoms. The van der Waals surface area contributed by atoms with Gasteiger partial charge < -0.3 is 14.9 Å². The molecule has 21 heavy (non-hydrogen) atoms. The van der Waals surface area contributed by atoms with E-state index in [2.05, 4.69) is 20.4 Å². The zero-order chi connectivity index (χ0) is 14.8. The van der Waals surface area contributed by atoms with E-state index < -0.39 is 5.97 Å². The highest BCUT2D eigenvalue weighted by atomic mass is 16.5. The van der Waals surface area contributed by atoms with Gasteiger partial charge in [0.25, 0.3) is 0 Å². The van der Waals surface area contributed by atoms with Gasteiger partial charge in [0.05, 0.1) is 0 Å². The molecule has 2 N–H and O–H groups in total. The number of imidazole rings is 1. The van der Waals surface area contributed by atoms with Crippen LogP contribution >= 0.6 is 0 Å². The smallest absolute Gasteiger partial charge is 0.356 e. The lowest BCUT2D eigenvalue weighted by Gasteiger charge is -2.02. The molecule has 0 saturated carbocycles. The lowest BCUT2D eigenvalue weighted by Crippen LogP contribution is -2.11. The van der Waals surface area contributed by atoms with Crippen LogP contribution in [0.15, 0.2) is 28.9 Å². The minimum atomic E-state index is -1.04. The third kappa shape index (κ3) is 2.55. The first kappa shape index (κ1) is 13.1. The number of pyridine rings is 1. The molecule has 3 rings (SSSR count). The van der Waals surface area contributed by atoms with Crippen LogP contribution in [0.1, 0.15) is 22.2 Å². The van der Waals surface area contributed by atoms with Crippen molar-refractivity contribution in [3.63, 3.8) is 0 Å². The van der Waals surface area contributed by atoms with Crippen LogP contribution in [-0.2, 0) is 6.42 Å². The second kappa shape index (κ2) is 5.23. The number of carbonyl (C=O) groups is 1. The Bertz CT molecular complexity index is 792. The van der Waals surface area contributed by atoms with Crippen molar-refractivity contribution in [1.29, 1.82) is 0 Å². The van der Waals surface area contributed by atoms with Crippen LogP contribution in [0.25, 0.3) is 5.65 Å². The quantitative estimate of drug-likeness (QED) is 0.730. The molecule has 0 spiro atoms. The molecule has 3 aromatic rings. The van der Waals surface area contributed by atoms with Crippen molar-refractivity contribution in [2.75, 3.05) is 11.9 Å². The van der Waals surface area contributed by atoms with Crippen LogP contribution in [0, 0.1) is 6.92 Å². The number of hydrogen-bond acceptors (Lipinski definition) is 6. The summed E-state index contributed by atoms with van der Waals surface area (Å²) in [6.45, 7) is 2.18. The normalized spacial score (nSPS) is 10.9. The Morgan fingerprint density at radius 1 is 1.43 bits per heavy atom. The third-order valence-electron chi connectivity index (χ3n) is 2.94. The number of aryl methyl sites for hydroxylation is 1. The third-order valence-corrected chi connectivity index (χ3v) is 2.94. The number of anilines is 1. The van der Waals surface area contributed by atoms with Gasteiger partial charge in [-0.1, -0.05) is 11.2 Å². The Morgan fingerprint density at radius 3 is 3.00 bits per heavy atom. The Morgan fingerprint density at radius 2 is 2.29 bits per heavy atom. The van der Waals surface area contributed by atoms with Crippen molar-refractivity contribution < 1.29 is 14.4 Å². The minimum absolute atomic E-state index is 0.106. The van der Waals surface area contributed by atoms with Gasteiger partial charge in [-0.05, 0) is 12.1 Å². The number of hydrogen-bond donors (Lipinski definition) is 2. The molecular formula is C13H13N5O3. The van der Waals surface area contributed by atoms with Gasteiger partial charge in [-0.15, -0.1) is 0 Å². The van der Waals surface area contributed by atoms with E-state index >= 15 is 0 Å². The SMILES string of the molecule is Cc1nc(CCNc2nc3ccccn3c2C(=O)O)no1. The van der Waals surface area contributed by atoms with E-state index in [9.17, 15) is 9.90 Å². The summed E-state index contributed by atoms with van der Waals surface area (Å²) in [6, 6.07) is 5.31. The Labute approximate surface area is 119 Å². The summed E-state index contributed by atoms with van der Waals surface area (Å²) in [5.74, 6) is 0.366. The van der Waals surface area contributed by atoms with Crippen LogP contribution < -0.4 is 5.32 Å². The largest absolute Gasteiger partial charge is 0.476 e. The predicted octanol–water partition coefficient (Wildman–Crippen LogP) is 1.38. The Kier molecular flexibility index (Phi) is 3.27. The van der Waals surface area contributed by atoms with E-state index in [4.69, 9.17) is 4.52 Å². The first-order valence-electron chi connectivity index (χ1n) is 6.38. The van der Waals surface area contributed by atoms with E-state index in [1.165, 1.54) is 4.40 Å². The van der Waals surface area contributed by atoms with Crippen LogP contribution in [-0.4, -0.2) is 37.1 Å². The second-order valence-electron chi connectivity index (χ2n) is 4.45. The van der Waals surface area contributed by atoms with Crippen molar-refractivity contribution in [1.82, 2.24) is 19.5 Å². The molecular weight excluding hydrogens is 274 g/mol. The summed E-state index contributed by atoms with van der Waals surface area (Å²) in [5.41, 5.74) is 0.683. The number of nitrogens with zero attached hydrogens (tertiary/aromatic N) is 4. The number of nitrogens with one attached hydrogen (secondary N) is 1. The summed E-state index contributed by atoms with van der Waals surface area (Å²) in [7, 11) is 0. The van der Waals surface area contributed by atoms with Crippen molar-refractivity contribution in [2.45, 2.75) is 13.3 Å². The maximum absolute atomic E-state index is 11.4. The molecule has 8 heteroatoms. The van der Waals surface area contributed by atoms with Crippen LogP contribution in [0.2, 0.25) is 0 Å². The van der Waals surface area contributed by atoms with Gasteiger partial charge in [-0.25, -0.2) is 9.78 Å². The lowest BCUT2D eigenvalue weighted by atomic mass is 10.3. The number of aromatic nitrogens is 4. The highest BCUT2D eigenvalue weighted by molar-refractivity contribution is 5.92. The molecule has 3 aromatic heterocycles. The summed E-state index contributed by atoms with van der Waals surface area (Å²) in [5, 5.41) is 16.1. The van der Waals surface area contributed by atoms with Crippen LogP contribution in [0.3, 0.4) is 0 Å². The summed E-state index contributed by atoms with van der Waals surface area (Å²) in [6.07, 6.45) is 2.18. The van der Waals surface area contributed by atoms with Crippen LogP contribution in [0.5, 0.6) is 0 Å². The lowest BCUT2D eigenvalue weighted by molar-refractivity contribution is 0.0690. The van der Waals surface area contributed by atoms with E-state index in [-0.39, 0.29) is 5.69 Å². The zero-order valence-corrected chi connectivity index (χ0v) is 11.3. The van der Waals surface area contributed by atoms with Gasteiger partial charge in [-0.2, -0.15) is 4.98 Å². The van der Waals surface area contributed by atoms with Gasteiger partial charge in [0.1, 0.15) is 5.65 Å². The monoisotopic (exact) mass is 287 g/mol. The van der Waals surface area contributed by atoms with Gasteiger partial charge in [0.2, 0.25) is 5.89 Å². The van der Waals surface area contributed by atoms with Crippen LogP contribution in [0.4, 0.5) is 5.82 Å². The molecule has 3 heterocycles. The second-order valence-corrected chi connectivity index (χ2v) is 4.45. The molecule has 0 aliphatic heterocycles. The highest BCUT2D eigenvalue weighted by Gasteiger charge is 2.18. The number of carboxylic acids is 1. The topological polar surface area (TPSA) is 106 Å². The maximum atomic E-state index is 11.4. The van der Waals surface area contributed by atoms with Gasteiger partial charge in [0.15, 0.2) is 17.3 Å². The van der Waals surface area contributed by atoms with Gasteiger partial charge >= 0.3 is 5.97 Å². The number of carboxylic acid groups (broad SMARTS) is 1. The first-order valence-corrected chi connectivity index (χ1v) is 6.38. The Hall–Kier alpha value is -2.90. The summed E-state index contributed by atoms with van der Waals surface area (Å²) in [4.78, 5) is 19.8. The minimum Gasteiger partial charge on any atom is -0.476 e. The van der Waals surface area contributed by atoms with E-state index in [1.807, 2.05) is 0 Å². The molecule has 0 amide bonds. The van der Waals surface area contributed by atoms with E-state index in [1.54, 1.807) is 31.3 Å². The fraction of sp³-hybridized carbons (Fsp3) is 0.231. The standard InChI is InChI=1S/C13H13N5O3/c1-8-15-9(17-21-8)5-6-14-12-11(13(19)20)18-7-3-2-4-10(18)16-12/h2-4,7,14H,5-6H2,1H3,(H,19,20). The number of fused-ring (bicyclic) bond motifs is 1. The molecule has 0 fully saturated rings. The fourth-order valence-corrected chi connectivity index (χ4v) is 2.06. The highest BCUT2D eigenvalue weighted by Crippen LogP contribution is 2.17. The van der Waals surface area contributed by atoms with Gasteiger partial charge in [0, 0.05) is 26.1 Å². The fourth-order valence-electron chi connectivity index (χ4n) is 2.06. The summed E-state index contributed by atoms with van der Waals surface area (Å²) >= 11 is 0. The molecule has 0 unspecified atom stereocenters. The van der Waals surface area contributed by atoms with Crippen molar-refractivity contribution in [3.05, 3.63) is 41.8 Å². The molecule has 8 nitrogen and oxygen atoms in total. The molecule has 0 saturated heterocycles. The molecule has 0 atom stereocenters. The average molecular weight is 287 g/mol. The van der Waals surface area contributed by atoms with Gasteiger partial charge in [-0.3, -0.25) is 4.40 Å².